The summed E-state index contributed by atoms with van der Waals surface area (Å²) in [7, 11) is 0. The molecule has 1 atom stereocenters. The summed E-state index contributed by atoms with van der Waals surface area (Å²) in [5.41, 5.74) is 2.24. The molecule has 1 saturated heterocycles. The Morgan fingerprint density at radius 2 is 2.13 bits per heavy atom. The van der Waals surface area contributed by atoms with Crippen LogP contribution in [0.3, 0.4) is 0 Å². The zero-order chi connectivity index (χ0) is 22.2. The fraction of sp³-hybridized carbons (Fsp3) is 0.368. The lowest BCUT2D eigenvalue weighted by Gasteiger charge is -2.23. The molecule has 0 bridgehead atoms. The Morgan fingerprint density at radius 1 is 1.32 bits per heavy atom. The van der Waals surface area contributed by atoms with Crippen molar-refractivity contribution in [3.8, 4) is 10.6 Å². The van der Waals surface area contributed by atoms with Gasteiger partial charge in [0.1, 0.15) is 12.4 Å². The van der Waals surface area contributed by atoms with Gasteiger partial charge in [0.15, 0.2) is 11.2 Å². The van der Waals surface area contributed by atoms with Gasteiger partial charge in [0.2, 0.25) is 0 Å². The van der Waals surface area contributed by atoms with E-state index < -0.39 is 24.9 Å². The lowest BCUT2D eigenvalue weighted by molar-refractivity contribution is -0.171. The molecule has 1 unspecified atom stereocenters. The third-order valence-electron chi connectivity index (χ3n) is 4.65. The Hall–Kier alpha value is -2.73. The Balaban J connectivity index is 1.43. The van der Waals surface area contributed by atoms with Gasteiger partial charge in [-0.2, -0.15) is 13.2 Å². The number of hydrogen-bond donors (Lipinski definition) is 1. The van der Waals surface area contributed by atoms with Gasteiger partial charge in [-0.25, -0.2) is 19.7 Å². The van der Waals surface area contributed by atoms with E-state index in [1.165, 1.54) is 17.5 Å². The van der Waals surface area contributed by atoms with Crippen LogP contribution in [0, 0.1) is 6.92 Å². The average Bonchev–Trinajstić information content (AvgIpc) is 3.42. The molecule has 4 heterocycles. The van der Waals surface area contributed by atoms with E-state index in [0.29, 0.717) is 21.4 Å². The minimum Gasteiger partial charge on any atom is -0.447 e. The smallest absolute Gasteiger partial charge is 0.412 e. The second-order valence-corrected chi connectivity index (χ2v) is 8.79. The number of halogens is 3. The molecule has 1 fully saturated rings. The van der Waals surface area contributed by atoms with Crippen LogP contribution < -0.4 is 5.32 Å². The molecule has 31 heavy (non-hydrogen) atoms. The summed E-state index contributed by atoms with van der Waals surface area (Å²) in [6.07, 6.45) is -3.23. The number of amides is 1. The number of rotatable bonds is 6. The van der Waals surface area contributed by atoms with Crippen molar-refractivity contribution < 1.29 is 22.7 Å². The normalized spacial score (nSPS) is 16.6. The maximum absolute atomic E-state index is 13.1. The number of nitrogens with one attached hydrogen (secondary N) is 1. The van der Waals surface area contributed by atoms with Crippen molar-refractivity contribution in [3.63, 3.8) is 0 Å². The molecule has 0 spiro atoms. The van der Waals surface area contributed by atoms with Crippen molar-refractivity contribution in [1.82, 2.24) is 19.9 Å². The summed E-state index contributed by atoms with van der Waals surface area (Å²) in [6, 6.07) is 1.30. The van der Waals surface area contributed by atoms with E-state index in [2.05, 4.69) is 31.9 Å². The van der Waals surface area contributed by atoms with Crippen LogP contribution in [0.25, 0.3) is 10.6 Å². The summed E-state index contributed by atoms with van der Waals surface area (Å²) in [4.78, 5) is 26.7. The number of carbonyl (C=O) groups excluding carboxylic acids is 1. The minimum absolute atomic E-state index is 0.234. The molecule has 164 valence electrons. The van der Waals surface area contributed by atoms with Crippen molar-refractivity contribution in [2.24, 2.45) is 0 Å². The number of nitrogens with zero attached hydrogens (tertiary/aromatic N) is 4. The highest BCUT2D eigenvalue weighted by Gasteiger charge is 2.50. The van der Waals surface area contributed by atoms with Gasteiger partial charge < -0.3 is 10.1 Å². The maximum atomic E-state index is 13.1. The van der Waals surface area contributed by atoms with Gasteiger partial charge in [-0.3, -0.25) is 4.90 Å². The first-order valence-electron chi connectivity index (χ1n) is 9.39. The largest absolute Gasteiger partial charge is 0.447 e. The number of pyridine rings is 1. The predicted octanol–water partition coefficient (Wildman–Crippen LogP) is 5.16. The van der Waals surface area contributed by atoms with E-state index in [0.717, 1.165) is 27.7 Å². The molecule has 3 aromatic heterocycles. The standard InChI is InChI=1S/C19H18F3N5O2S2/c1-3-15-24-10(2)16(31-15)12-9-30-17(25-12)26-14-5-4-11(6-23-14)7-27-13(19(20,21)22)8-29-18(27)28/h4-6,9,13H,3,7-8H2,1-2H3,(H,23,25,26). The van der Waals surface area contributed by atoms with Crippen LogP contribution in [0.4, 0.5) is 28.9 Å². The predicted molar refractivity (Wildman–Crippen MR) is 112 cm³/mol. The van der Waals surface area contributed by atoms with E-state index in [-0.39, 0.29) is 6.54 Å². The number of aryl methyl sites for hydroxylation is 2. The second-order valence-electron chi connectivity index (χ2n) is 6.85. The van der Waals surface area contributed by atoms with Crippen LogP contribution in [-0.4, -0.2) is 44.8 Å². The first kappa shape index (κ1) is 21.5. The molecule has 1 aliphatic heterocycles. The fourth-order valence-electron chi connectivity index (χ4n) is 3.07. The number of aromatic nitrogens is 3. The fourth-order valence-corrected chi connectivity index (χ4v) is 4.82. The summed E-state index contributed by atoms with van der Waals surface area (Å²) in [6.45, 7) is 3.08. The van der Waals surface area contributed by atoms with E-state index in [4.69, 9.17) is 0 Å². The molecule has 12 heteroatoms. The zero-order valence-corrected chi connectivity index (χ0v) is 18.2. The highest BCUT2D eigenvalue weighted by Crippen LogP contribution is 2.34. The lowest BCUT2D eigenvalue weighted by atomic mass is 10.2. The number of hydrogen-bond acceptors (Lipinski definition) is 8. The summed E-state index contributed by atoms with van der Waals surface area (Å²) >= 11 is 3.04. The van der Waals surface area contributed by atoms with E-state index in [1.807, 2.05) is 12.3 Å². The first-order valence-corrected chi connectivity index (χ1v) is 11.1. The highest BCUT2D eigenvalue weighted by molar-refractivity contribution is 7.16. The van der Waals surface area contributed by atoms with Gasteiger partial charge in [0, 0.05) is 11.6 Å². The zero-order valence-electron chi connectivity index (χ0n) is 16.6. The molecular weight excluding hydrogens is 451 g/mol. The molecular formula is C19H18F3N5O2S2. The topological polar surface area (TPSA) is 80.2 Å². The van der Waals surface area contributed by atoms with Crippen LogP contribution in [0.1, 0.15) is 23.2 Å². The van der Waals surface area contributed by atoms with Crippen molar-refractivity contribution in [3.05, 3.63) is 40.0 Å². The summed E-state index contributed by atoms with van der Waals surface area (Å²) in [5, 5.41) is 6.73. The van der Waals surface area contributed by atoms with Crippen molar-refractivity contribution in [2.75, 3.05) is 11.9 Å². The van der Waals surface area contributed by atoms with Crippen LogP contribution in [0.2, 0.25) is 0 Å². The minimum atomic E-state index is -4.54. The third-order valence-corrected chi connectivity index (χ3v) is 6.73. The van der Waals surface area contributed by atoms with Crippen LogP contribution in [-0.2, 0) is 17.7 Å². The summed E-state index contributed by atoms with van der Waals surface area (Å²) in [5.74, 6) is 0.497. The van der Waals surface area contributed by atoms with Gasteiger partial charge in [-0.05, 0) is 25.0 Å². The molecule has 1 N–H and O–H groups in total. The Labute approximate surface area is 183 Å². The molecule has 4 rings (SSSR count). The van der Waals surface area contributed by atoms with E-state index >= 15 is 0 Å². The average molecular weight is 470 g/mol. The number of ether oxygens (including phenoxy) is 1. The van der Waals surface area contributed by atoms with Crippen molar-refractivity contribution >= 4 is 39.7 Å². The molecule has 0 aromatic carbocycles. The SMILES string of the molecule is CCc1nc(C)c(-c2csc(Nc3ccc(CN4C(=O)OCC4C(F)(F)F)cn3)n2)s1. The monoisotopic (exact) mass is 469 g/mol. The maximum Gasteiger partial charge on any atom is 0.412 e. The lowest BCUT2D eigenvalue weighted by Crippen LogP contribution is -2.43. The van der Waals surface area contributed by atoms with Crippen molar-refractivity contribution in [1.29, 1.82) is 0 Å². The van der Waals surface area contributed by atoms with Gasteiger partial charge in [0.05, 0.1) is 27.8 Å². The number of anilines is 2. The van der Waals surface area contributed by atoms with Crippen LogP contribution >= 0.6 is 22.7 Å². The van der Waals surface area contributed by atoms with Crippen LogP contribution in [0.15, 0.2) is 23.7 Å². The van der Waals surface area contributed by atoms with Gasteiger partial charge in [-0.15, -0.1) is 22.7 Å². The Morgan fingerprint density at radius 3 is 2.77 bits per heavy atom. The molecule has 1 aliphatic rings. The Bertz CT molecular complexity index is 1080. The number of carbonyl (C=O) groups is 1. The number of cyclic esters (lactones) is 1. The number of thiazole rings is 2. The molecule has 0 saturated carbocycles. The van der Waals surface area contributed by atoms with E-state index in [1.54, 1.807) is 23.5 Å². The second kappa shape index (κ2) is 8.42. The Kier molecular flexibility index (Phi) is 5.84. The number of alkyl halides is 3. The quantitative estimate of drug-likeness (QED) is 0.537. The van der Waals surface area contributed by atoms with Gasteiger partial charge >= 0.3 is 12.3 Å². The first-order chi connectivity index (χ1) is 14.7. The van der Waals surface area contributed by atoms with E-state index in [9.17, 15) is 18.0 Å². The van der Waals surface area contributed by atoms with Gasteiger partial charge in [-0.1, -0.05) is 13.0 Å². The molecule has 3 aromatic rings. The highest BCUT2D eigenvalue weighted by atomic mass is 32.1. The molecule has 1 amide bonds. The molecule has 7 nitrogen and oxygen atoms in total. The van der Waals surface area contributed by atoms with Crippen LogP contribution in [0.5, 0.6) is 0 Å². The molecule has 0 radical (unpaired) electrons. The van der Waals surface area contributed by atoms with Crippen molar-refractivity contribution in [2.45, 2.75) is 39.0 Å². The van der Waals surface area contributed by atoms with Gasteiger partial charge in [0.25, 0.3) is 0 Å². The summed E-state index contributed by atoms with van der Waals surface area (Å²) < 4.78 is 43.7. The molecule has 0 aliphatic carbocycles. The third kappa shape index (κ3) is 4.64.